The minimum Gasteiger partial charge on any atom is -0.347 e. The largest absolute Gasteiger partial charge is 0.347 e. The summed E-state index contributed by atoms with van der Waals surface area (Å²) in [5.74, 6) is 0.419. The number of fused-ring (bicyclic) bond motifs is 1. The third-order valence-corrected chi connectivity index (χ3v) is 6.87. The lowest BCUT2D eigenvalue weighted by Gasteiger charge is -2.08. The molecule has 1 aliphatic rings. The van der Waals surface area contributed by atoms with Crippen molar-refractivity contribution in [2.45, 2.75) is 32.0 Å². The maximum absolute atomic E-state index is 13.0. The molecule has 1 aliphatic carbocycles. The Morgan fingerprint density at radius 1 is 1.38 bits per heavy atom. The monoisotopic (exact) mass is 444 g/mol. The lowest BCUT2D eigenvalue weighted by atomic mass is 10.2. The summed E-state index contributed by atoms with van der Waals surface area (Å²) in [6.07, 6.45) is 3.57. The third-order valence-electron chi connectivity index (χ3n) is 4.79. The Bertz CT molecular complexity index is 1310. The van der Waals surface area contributed by atoms with Gasteiger partial charge >= 0.3 is 0 Å². The summed E-state index contributed by atoms with van der Waals surface area (Å²) in [4.78, 5) is 31.5. The van der Waals surface area contributed by atoms with Crippen LogP contribution in [0.3, 0.4) is 0 Å². The number of nitrogens with one attached hydrogen (secondary N) is 2. The topological polar surface area (TPSA) is 97.6 Å². The minimum atomic E-state index is -0.280. The maximum atomic E-state index is 13.0. The Balaban J connectivity index is 1.36. The number of rotatable bonds is 6. The van der Waals surface area contributed by atoms with Crippen LogP contribution in [0, 0.1) is 4.77 Å². The van der Waals surface area contributed by atoms with Gasteiger partial charge in [0.1, 0.15) is 11.4 Å². The summed E-state index contributed by atoms with van der Waals surface area (Å²) in [5, 5.41) is 14.3. The first-order chi connectivity index (χ1) is 14.1. The molecule has 4 aromatic rings. The molecule has 0 bridgehead atoms. The number of aromatic amines is 1. The van der Waals surface area contributed by atoms with Crippen LogP contribution >= 0.6 is 34.9 Å². The van der Waals surface area contributed by atoms with Crippen LogP contribution in [0.4, 0.5) is 0 Å². The van der Waals surface area contributed by atoms with Gasteiger partial charge in [-0.1, -0.05) is 6.07 Å². The highest BCUT2D eigenvalue weighted by Gasteiger charge is 2.27. The Morgan fingerprint density at radius 2 is 2.24 bits per heavy atom. The van der Waals surface area contributed by atoms with Crippen LogP contribution < -0.4 is 10.9 Å². The van der Waals surface area contributed by atoms with Gasteiger partial charge in [-0.3, -0.25) is 23.8 Å². The summed E-state index contributed by atoms with van der Waals surface area (Å²) in [5.41, 5.74) is 0.655. The molecule has 5 rings (SSSR count). The fourth-order valence-corrected chi connectivity index (χ4v) is 5.27. The van der Waals surface area contributed by atoms with Crippen LogP contribution in [0.2, 0.25) is 0 Å². The van der Waals surface area contributed by atoms with Crippen molar-refractivity contribution in [1.29, 1.82) is 0 Å². The van der Waals surface area contributed by atoms with Crippen LogP contribution in [0.15, 0.2) is 34.0 Å². The van der Waals surface area contributed by atoms with Gasteiger partial charge < -0.3 is 5.32 Å². The summed E-state index contributed by atoms with van der Waals surface area (Å²) in [6, 6.07) is 4.29. The number of aromatic nitrogens is 5. The second-order valence-electron chi connectivity index (χ2n) is 6.81. The van der Waals surface area contributed by atoms with Gasteiger partial charge in [-0.2, -0.15) is 5.10 Å². The highest BCUT2D eigenvalue weighted by atomic mass is 32.1. The molecule has 2 N–H and O–H groups in total. The van der Waals surface area contributed by atoms with Gasteiger partial charge in [0.15, 0.2) is 10.6 Å². The summed E-state index contributed by atoms with van der Waals surface area (Å²) < 4.78 is 3.87. The van der Waals surface area contributed by atoms with E-state index in [1.54, 1.807) is 11.3 Å². The Hall–Kier alpha value is -2.63. The number of hydrogen-bond acceptors (Lipinski definition) is 7. The van der Waals surface area contributed by atoms with Gasteiger partial charge in [0.05, 0.1) is 18.3 Å². The number of thiophene rings is 2. The van der Waals surface area contributed by atoms with Crippen LogP contribution in [0.1, 0.15) is 24.7 Å². The van der Waals surface area contributed by atoms with Crippen molar-refractivity contribution in [2.24, 2.45) is 0 Å². The molecular formula is C18H16N6O2S3. The standard InChI is InChI=1S/C18H16N6O2S3/c25-14(19-6-13-21-22-18(27)24(13)10-3-4-10)7-23-9-20-16-15(17(23)26)11(8-29-16)12-2-1-5-28-12/h1-2,5,8-10H,3-4,6-7H2,(H,19,25)(H,22,27). The molecule has 0 atom stereocenters. The highest BCUT2D eigenvalue weighted by molar-refractivity contribution is 7.71. The molecule has 148 valence electrons. The molecule has 0 aromatic carbocycles. The van der Waals surface area contributed by atoms with Crippen LogP contribution in [-0.4, -0.2) is 30.2 Å². The predicted molar refractivity (Wildman–Crippen MR) is 115 cm³/mol. The molecule has 0 aliphatic heterocycles. The fourth-order valence-electron chi connectivity index (χ4n) is 3.25. The predicted octanol–water partition coefficient (Wildman–Crippen LogP) is 3.09. The van der Waals surface area contributed by atoms with Crippen LogP contribution in [0.5, 0.6) is 0 Å². The lowest BCUT2D eigenvalue weighted by Crippen LogP contribution is -2.32. The van der Waals surface area contributed by atoms with Crippen molar-refractivity contribution in [3.8, 4) is 10.4 Å². The number of H-pyrrole nitrogens is 1. The van der Waals surface area contributed by atoms with Crippen molar-refractivity contribution in [3.63, 3.8) is 0 Å². The zero-order chi connectivity index (χ0) is 20.0. The molecular weight excluding hydrogens is 428 g/mol. The molecule has 4 heterocycles. The molecule has 0 spiro atoms. The van der Waals surface area contributed by atoms with E-state index in [1.165, 1.54) is 22.2 Å². The van der Waals surface area contributed by atoms with Crippen molar-refractivity contribution in [2.75, 3.05) is 0 Å². The molecule has 1 fully saturated rings. The van der Waals surface area contributed by atoms with E-state index in [0.29, 0.717) is 26.9 Å². The molecule has 4 aromatic heterocycles. The molecule has 1 saturated carbocycles. The van der Waals surface area contributed by atoms with E-state index in [1.807, 2.05) is 27.5 Å². The van der Waals surface area contributed by atoms with Crippen molar-refractivity contribution in [1.82, 2.24) is 29.6 Å². The number of carbonyl (C=O) groups excluding carboxylic acids is 1. The molecule has 29 heavy (non-hydrogen) atoms. The SMILES string of the molecule is O=C(Cn1cnc2scc(-c3cccs3)c2c1=O)NCc1n[nH]c(=S)n1C1CC1. The van der Waals surface area contributed by atoms with E-state index < -0.39 is 0 Å². The molecule has 11 heteroatoms. The van der Waals surface area contributed by atoms with Gasteiger partial charge in [0.25, 0.3) is 5.56 Å². The van der Waals surface area contributed by atoms with Crippen LogP contribution in [-0.2, 0) is 17.9 Å². The Morgan fingerprint density at radius 3 is 3.00 bits per heavy atom. The van der Waals surface area contributed by atoms with Gasteiger partial charge in [0.2, 0.25) is 5.91 Å². The third kappa shape index (κ3) is 3.45. The number of hydrogen-bond donors (Lipinski definition) is 2. The van der Waals surface area contributed by atoms with Gasteiger partial charge in [-0.05, 0) is 36.5 Å². The average Bonchev–Trinajstić information content (AvgIpc) is 3.10. The molecule has 1 amide bonds. The normalized spacial score (nSPS) is 13.8. The number of nitrogens with zero attached hydrogens (tertiary/aromatic N) is 4. The fraction of sp³-hybridized carbons (Fsp3) is 0.278. The first-order valence-electron chi connectivity index (χ1n) is 9.05. The van der Waals surface area contributed by atoms with Crippen molar-refractivity contribution < 1.29 is 4.79 Å². The molecule has 8 nitrogen and oxygen atoms in total. The quantitative estimate of drug-likeness (QED) is 0.446. The smallest absolute Gasteiger partial charge is 0.263 e. The van der Waals surface area contributed by atoms with E-state index in [2.05, 4.69) is 20.5 Å². The zero-order valence-corrected chi connectivity index (χ0v) is 17.6. The molecule has 0 saturated heterocycles. The highest BCUT2D eigenvalue weighted by Crippen LogP contribution is 2.35. The Kier molecular flexibility index (Phi) is 4.64. The summed E-state index contributed by atoms with van der Waals surface area (Å²) in [6.45, 7) is 0.155. The van der Waals surface area contributed by atoms with E-state index in [-0.39, 0.29) is 24.6 Å². The van der Waals surface area contributed by atoms with E-state index >= 15 is 0 Å². The van der Waals surface area contributed by atoms with Crippen molar-refractivity contribution >= 4 is 51.0 Å². The van der Waals surface area contributed by atoms with E-state index in [9.17, 15) is 9.59 Å². The molecule has 0 radical (unpaired) electrons. The second kappa shape index (κ2) is 7.32. The maximum Gasteiger partial charge on any atom is 0.263 e. The van der Waals surface area contributed by atoms with E-state index in [0.717, 1.165) is 23.3 Å². The first-order valence-corrected chi connectivity index (χ1v) is 11.2. The van der Waals surface area contributed by atoms with E-state index in [4.69, 9.17) is 12.2 Å². The van der Waals surface area contributed by atoms with Gasteiger partial charge in [0, 0.05) is 21.9 Å². The minimum absolute atomic E-state index is 0.101. The lowest BCUT2D eigenvalue weighted by molar-refractivity contribution is -0.121. The number of amides is 1. The number of carbonyl (C=O) groups is 1. The second-order valence-corrected chi connectivity index (χ2v) is 9.00. The van der Waals surface area contributed by atoms with Gasteiger partial charge in [-0.15, -0.1) is 22.7 Å². The Labute approximate surface area is 177 Å². The van der Waals surface area contributed by atoms with Crippen LogP contribution in [0.25, 0.3) is 20.7 Å². The summed E-state index contributed by atoms with van der Waals surface area (Å²) in [7, 11) is 0. The first kappa shape index (κ1) is 18.4. The van der Waals surface area contributed by atoms with Gasteiger partial charge in [-0.25, -0.2) is 4.98 Å². The van der Waals surface area contributed by atoms with Crippen molar-refractivity contribution in [3.05, 3.63) is 50.2 Å². The average molecular weight is 445 g/mol. The summed E-state index contributed by atoms with van der Waals surface area (Å²) >= 11 is 8.26. The zero-order valence-electron chi connectivity index (χ0n) is 15.1. The molecule has 0 unspecified atom stereocenters.